The largest absolute Gasteiger partial charge is 0.494 e. The normalized spacial score (nSPS) is 10.5. The van der Waals surface area contributed by atoms with Crippen molar-refractivity contribution in [2.45, 2.75) is 20.4 Å². The van der Waals surface area contributed by atoms with E-state index in [1.54, 1.807) is 13.2 Å². The number of hydrogen-bond donors (Lipinski definition) is 1. The molecule has 3 aromatic rings. The highest BCUT2D eigenvalue weighted by atomic mass is 16.5. The Bertz CT molecular complexity index is 1110. The molecule has 8 nitrogen and oxygen atoms in total. The van der Waals surface area contributed by atoms with Crippen molar-refractivity contribution >= 4 is 5.91 Å². The van der Waals surface area contributed by atoms with E-state index in [9.17, 15) is 9.59 Å². The van der Waals surface area contributed by atoms with Gasteiger partial charge in [0.05, 0.1) is 25.7 Å². The number of hydrogen-bond acceptors (Lipinski definition) is 6. The van der Waals surface area contributed by atoms with E-state index >= 15 is 0 Å². The van der Waals surface area contributed by atoms with Crippen molar-refractivity contribution in [3.63, 3.8) is 0 Å². The van der Waals surface area contributed by atoms with Gasteiger partial charge in [-0.1, -0.05) is 6.07 Å². The van der Waals surface area contributed by atoms with Crippen LogP contribution in [0.5, 0.6) is 17.2 Å². The number of nitrogens with one attached hydrogen (secondary N) is 1. The fraction of sp³-hybridized carbons (Fsp3) is 0.292. The molecule has 0 radical (unpaired) electrons. The molecule has 1 aromatic heterocycles. The number of amides is 1. The SMILES string of the molecule is CCOc1ccc(-c2cc(=O)n(CCNC(=O)COc3ccc(C)cc3OC)cn2)cc1. The molecule has 0 unspecified atom stereocenters. The highest BCUT2D eigenvalue weighted by molar-refractivity contribution is 5.77. The summed E-state index contributed by atoms with van der Waals surface area (Å²) >= 11 is 0. The second kappa shape index (κ2) is 11.0. The van der Waals surface area contributed by atoms with Gasteiger partial charge < -0.3 is 19.5 Å². The summed E-state index contributed by atoms with van der Waals surface area (Å²) in [6, 6.07) is 14.4. The number of ether oxygens (including phenoxy) is 3. The summed E-state index contributed by atoms with van der Waals surface area (Å²) in [6.45, 7) is 4.89. The first kappa shape index (κ1) is 22.9. The third-order valence-electron chi connectivity index (χ3n) is 4.69. The Hall–Kier alpha value is -3.81. The number of carbonyl (C=O) groups excluding carboxylic acids is 1. The topological polar surface area (TPSA) is 91.7 Å². The van der Waals surface area contributed by atoms with Gasteiger partial charge in [0.25, 0.3) is 11.5 Å². The van der Waals surface area contributed by atoms with Crippen molar-refractivity contribution in [2.24, 2.45) is 0 Å². The molecule has 0 aliphatic rings. The van der Waals surface area contributed by atoms with Gasteiger partial charge in [-0.15, -0.1) is 0 Å². The summed E-state index contributed by atoms with van der Waals surface area (Å²) in [5.41, 5.74) is 2.25. The number of nitrogens with zero attached hydrogens (tertiary/aromatic N) is 2. The van der Waals surface area contributed by atoms with Gasteiger partial charge in [0.2, 0.25) is 0 Å². The van der Waals surface area contributed by atoms with E-state index in [1.807, 2.05) is 50.2 Å². The number of rotatable bonds is 10. The number of benzene rings is 2. The minimum atomic E-state index is -0.292. The maximum atomic E-state index is 12.4. The molecule has 0 spiro atoms. The van der Waals surface area contributed by atoms with Crippen LogP contribution in [-0.4, -0.2) is 42.3 Å². The lowest BCUT2D eigenvalue weighted by Gasteiger charge is -2.12. The Morgan fingerprint density at radius 1 is 1.06 bits per heavy atom. The molecule has 1 N–H and O–H groups in total. The molecule has 8 heteroatoms. The van der Waals surface area contributed by atoms with Gasteiger partial charge in [-0.3, -0.25) is 14.2 Å². The zero-order valence-electron chi connectivity index (χ0n) is 18.5. The van der Waals surface area contributed by atoms with Crippen LogP contribution in [-0.2, 0) is 11.3 Å². The first-order valence-corrected chi connectivity index (χ1v) is 10.3. The predicted molar refractivity (Wildman–Crippen MR) is 121 cm³/mol. The van der Waals surface area contributed by atoms with Crippen LogP contribution in [0.25, 0.3) is 11.3 Å². The molecule has 168 valence electrons. The van der Waals surface area contributed by atoms with Gasteiger partial charge in [-0.2, -0.15) is 0 Å². The maximum Gasteiger partial charge on any atom is 0.258 e. The molecule has 1 heterocycles. The maximum absolute atomic E-state index is 12.4. The van der Waals surface area contributed by atoms with Crippen molar-refractivity contribution in [1.29, 1.82) is 0 Å². The van der Waals surface area contributed by atoms with Gasteiger partial charge in [0.15, 0.2) is 18.1 Å². The van der Waals surface area contributed by atoms with E-state index in [2.05, 4.69) is 10.3 Å². The van der Waals surface area contributed by atoms with Gasteiger partial charge in [-0.25, -0.2) is 4.98 Å². The molecule has 0 bridgehead atoms. The van der Waals surface area contributed by atoms with Crippen LogP contribution < -0.4 is 25.1 Å². The summed E-state index contributed by atoms with van der Waals surface area (Å²) in [5, 5.41) is 2.74. The molecule has 32 heavy (non-hydrogen) atoms. The summed E-state index contributed by atoms with van der Waals surface area (Å²) in [5.74, 6) is 1.55. The molecule has 0 saturated carbocycles. The zero-order valence-corrected chi connectivity index (χ0v) is 18.5. The molecule has 0 saturated heterocycles. The monoisotopic (exact) mass is 437 g/mol. The van der Waals surface area contributed by atoms with Crippen LogP contribution in [0.15, 0.2) is 59.7 Å². The molecule has 0 atom stereocenters. The standard InChI is InChI=1S/C24H27N3O5/c1-4-31-19-8-6-18(7-9-19)20-14-24(29)27(16-26-20)12-11-25-23(28)15-32-21-10-5-17(2)13-22(21)30-3/h5-10,13-14,16H,4,11-12,15H2,1-3H3,(H,25,28). The third-order valence-corrected chi connectivity index (χ3v) is 4.69. The highest BCUT2D eigenvalue weighted by Gasteiger charge is 2.08. The Kier molecular flexibility index (Phi) is 7.85. The number of methoxy groups -OCH3 is 1. The van der Waals surface area contributed by atoms with Gasteiger partial charge >= 0.3 is 0 Å². The minimum Gasteiger partial charge on any atom is -0.494 e. The molecular formula is C24H27N3O5. The predicted octanol–water partition coefficient (Wildman–Crippen LogP) is 2.82. The second-order valence-electron chi connectivity index (χ2n) is 7.06. The van der Waals surface area contributed by atoms with E-state index in [0.29, 0.717) is 30.3 Å². The van der Waals surface area contributed by atoms with Crippen molar-refractivity contribution in [1.82, 2.24) is 14.9 Å². The number of carbonyl (C=O) groups is 1. The van der Waals surface area contributed by atoms with Gasteiger partial charge in [0, 0.05) is 24.7 Å². The molecular weight excluding hydrogens is 410 g/mol. The van der Waals surface area contributed by atoms with Crippen LogP contribution in [0.4, 0.5) is 0 Å². The summed E-state index contributed by atoms with van der Waals surface area (Å²) in [4.78, 5) is 28.9. The van der Waals surface area contributed by atoms with Crippen molar-refractivity contribution in [3.05, 3.63) is 70.8 Å². The van der Waals surface area contributed by atoms with Crippen LogP contribution in [0.3, 0.4) is 0 Å². The average molecular weight is 437 g/mol. The fourth-order valence-corrected chi connectivity index (χ4v) is 3.04. The molecule has 3 rings (SSSR count). The fourth-order valence-electron chi connectivity index (χ4n) is 3.04. The lowest BCUT2D eigenvalue weighted by molar-refractivity contribution is -0.123. The lowest BCUT2D eigenvalue weighted by Crippen LogP contribution is -2.33. The Morgan fingerprint density at radius 3 is 2.53 bits per heavy atom. The van der Waals surface area contributed by atoms with E-state index in [-0.39, 0.29) is 24.6 Å². The Morgan fingerprint density at radius 2 is 1.84 bits per heavy atom. The number of aromatic nitrogens is 2. The van der Waals surface area contributed by atoms with E-state index in [0.717, 1.165) is 16.9 Å². The molecule has 0 aliphatic carbocycles. The molecule has 0 aliphatic heterocycles. The highest BCUT2D eigenvalue weighted by Crippen LogP contribution is 2.27. The van der Waals surface area contributed by atoms with Crippen molar-refractivity contribution < 1.29 is 19.0 Å². The van der Waals surface area contributed by atoms with E-state index in [1.165, 1.54) is 17.0 Å². The van der Waals surface area contributed by atoms with Crippen molar-refractivity contribution in [2.75, 3.05) is 26.9 Å². The lowest BCUT2D eigenvalue weighted by atomic mass is 10.1. The molecule has 2 aromatic carbocycles. The van der Waals surface area contributed by atoms with E-state index < -0.39 is 0 Å². The average Bonchev–Trinajstić information content (AvgIpc) is 2.80. The molecule has 0 fully saturated rings. The van der Waals surface area contributed by atoms with Gasteiger partial charge in [0.1, 0.15) is 5.75 Å². The van der Waals surface area contributed by atoms with Crippen LogP contribution in [0.2, 0.25) is 0 Å². The first-order chi connectivity index (χ1) is 15.5. The minimum absolute atomic E-state index is 0.150. The van der Waals surface area contributed by atoms with Gasteiger partial charge in [-0.05, 0) is 55.8 Å². The summed E-state index contributed by atoms with van der Waals surface area (Å²) < 4.78 is 17.7. The van der Waals surface area contributed by atoms with Crippen molar-refractivity contribution in [3.8, 4) is 28.5 Å². The summed E-state index contributed by atoms with van der Waals surface area (Å²) in [6.07, 6.45) is 1.48. The van der Waals surface area contributed by atoms with Crippen LogP contribution >= 0.6 is 0 Å². The second-order valence-corrected chi connectivity index (χ2v) is 7.06. The Labute approximate surface area is 186 Å². The number of aryl methyl sites for hydroxylation is 1. The smallest absolute Gasteiger partial charge is 0.258 e. The first-order valence-electron chi connectivity index (χ1n) is 10.3. The third kappa shape index (κ3) is 6.10. The quantitative estimate of drug-likeness (QED) is 0.524. The van der Waals surface area contributed by atoms with Crippen LogP contribution in [0, 0.1) is 6.92 Å². The van der Waals surface area contributed by atoms with E-state index in [4.69, 9.17) is 14.2 Å². The van der Waals surface area contributed by atoms with Crippen LogP contribution in [0.1, 0.15) is 12.5 Å². The zero-order chi connectivity index (χ0) is 22.9. The molecule has 1 amide bonds. The summed E-state index contributed by atoms with van der Waals surface area (Å²) in [7, 11) is 1.55. The Balaban J connectivity index is 1.50.